The molecule has 0 amide bonds. The molecule has 0 saturated carbocycles. The molecule has 102 heavy (non-hydrogen) atoms. The van der Waals surface area contributed by atoms with E-state index in [4.69, 9.17) is 29.9 Å². The molecule has 10 heterocycles. The van der Waals surface area contributed by atoms with Crippen LogP contribution < -0.4 is 0 Å². The fraction of sp³-hybridized carbons (Fsp3) is 0.0217. The van der Waals surface area contributed by atoms with Crippen LogP contribution >= 0.6 is 0 Å². The quantitative estimate of drug-likeness (QED) is 0.150. The van der Waals surface area contributed by atoms with Crippen LogP contribution in [0.15, 0.2) is 340 Å². The van der Waals surface area contributed by atoms with Crippen LogP contribution in [0.1, 0.15) is 45.2 Å². The van der Waals surface area contributed by atoms with E-state index in [1.807, 2.05) is 61.4 Å². The van der Waals surface area contributed by atoms with Crippen LogP contribution in [-0.4, -0.2) is 48.2 Å². The van der Waals surface area contributed by atoms with E-state index < -0.39 is 0 Å². The maximum absolute atomic E-state index is 4.97. The summed E-state index contributed by atoms with van der Waals surface area (Å²) in [4.78, 5) is 29.2. The summed E-state index contributed by atoms with van der Waals surface area (Å²) in [6, 6.07) is 109. The molecule has 0 fully saturated rings. The molecule has 20 aromatic rings. The first-order valence-corrected chi connectivity index (χ1v) is 34.6. The van der Waals surface area contributed by atoms with Gasteiger partial charge in [-0.2, -0.15) is 0 Å². The second-order valence-corrected chi connectivity index (χ2v) is 26.5. The minimum absolute atomic E-state index is 0.0180. The third kappa shape index (κ3) is 8.85. The maximum atomic E-state index is 4.97. The van der Waals surface area contributed by atoms with Gasteiger partial charge in [0.15, 0.2) is 0 Å². The first kappa shape index (κ1) is 57.4. The Labute approximate surface area is 585 Å². The zero-order valence-corrected chi connectivity index (χ0v) is 55.0. The van der Waals surface area contributed by atoms with Crippen molar-refractivity contribution in [1.82, 2.24) is 48.2 Å². The van der Waals surface area contributed by atoms with Crippen molar-refractivity contribution in [2.24, 2.45) is 0 Å². The van der Waals surface area contributed by atoms with E-state index in [-0.39, 0.29) is 11.8 Å². The first-order valence-electron chi connectivity index (χ1n) is 34.6. The molecule has 0 aliphatic heterocycles. The van der Waals surface area contributed by atoms with E-state index in [1.165, 1.54) is 44.5 Å². The van der Waals surface area contributed by atoms with Gasteiger partial charge in [-0.1, -0.05) is 170 Å². The van der Waals surface area contributed by atoms with Gasteiger partial charge in [-0.3, -0.25) is 29.9 Å². The van der Waals surface area contributed by atoms with Crippen molar-refractivity contribution in [3.63, 3.8) is 0 Å². The first-order chi connectivity index (χ1) is 50.6. The van der Waals surface area contributed by atoms with Crippen molar-refractivity contribution in [3.8, 4) is 67.5 Å². The van der Waals surface area contributed by atoms with Gasteiger partial charge >= 0.3 is 0 Å². The lowest BCUT2D eigenvalue weighted by Crippen LogP contribution is -2.05. The molecule has 0 bridgehead atoms. The summed E-state index contributed by atoms with van der Waals surface area (Å²) >= 11 is 0. The molecule has 2 atom stereocenters. The lowest BCUT2D eigenvalue weighted by atomic mass is 9.85. The van der Waals surface area contributed by atoms with Crippen LogP contribution in [0.5, 0.6) is 0 Å². The summed E-state index contributed by atoms with van der Waals surface area (Å²) < 4.78 is 9.41. The minimum Gasteiger partial charge on any atom is -0.308 e. The summed E-state index contributed by atoms with van der Waals surface area (Å²) in [5, 5.41) is 4.58. The second-order valence-electron chi connectivity index (χ2n) is 26.5. The molecule has 476 valence electrons. The number of nitrogens with zero attached hydrogens (tertiary/aromatic N) is 10. The van der Waals surface area contributed by atoms with Crippen molar-refractivity contribution in [2.45, 2.75) is 11.8 Å². The third-order valence-electron chi connectivity index (χ3n) is 21.0. The summed E-state index contributed by atoms with van der Waals surface area (Å²) in [6.07, 6.45) is 11.4. The Bertz CT molecular complexity index is 6110. The van der Waals surface area contributed by atoms with Gasteiger partial charge in [-0.05, 0) is 189 Å². The van der Waals surface area contributed by atoms with E-state index in [1.54, 1.807) is 0 Å². The lowest BCUT2D eigenvalue weighted by Gasteiger charge is -2.21. The molecule has 0 radical (unpaired) electrons. The third-order valence-corrected chi connectivity index (χ3v) is 21.0. The molecule has 10 aromatic carbocycles. The number of fused-ring (bicyclic) bond motifs is 18. The summed E-state index contributed by atoms with van der Waals surface area (Å²) in [5.74, 6) is -0.0360. The Kier molecular flexibility index (Phi) is 12.9. The maximum Gasteiger partial charge on any atom is 0.0963 e. The van der Waals surface area contributed by atoms with E-state index in [0.29, 0.717) is 0 Å². The van der Waals surface area contributed by atoms with Crippen molar-refractivity contribution >= 4 is 87.7 Å². The molecule has 22 rings (SSSR count). The Morgan fingerprint density at radius 1 is 0.206 bits per heavy atom. The van der Waals surface area contributed by atoms with Gasteiger partial charge in [0.2, 0.25) is 0 Å². The zero-order valence-electron chi connectivity index (χ0n) is 55.0. The van der Waals surface area contributed by atoms with Crippen LogP contribution in [0.3, 0.4) is 0 Å². The second kappa shape index (κ2) is 23.0. The Morgan fingerprint density at radius 3 is 0.882 bits per heavy atom. The van der Waals surface area contributed by atoms with Crippen LogP contribution in [0.4, 0.5) is 0 Å². The molecule has 2 unspecified atom stereocenters. The molecule has 0 spiro atoms. The van der Waals surface area contributed by atoms with Gasteiger partial charge in [0.1, 0.15) is 0 Å². The molecule has 0 saturated heterocycles. The fourth-order valence-electron chi connectivity index (χ4n) is 16.8. The number of para-hydroxylation sites is 4. The highest BCUT2D eigenvalue weighted by atomic mass is 15.0. The molecule has 10 aromatic heterocycles. The smallest absolute Gasteiger partial charge is 0.0963 e. The standard InChI is InChI=1S/C58H36N6.C34H22N4/c1-3-15-43-41(13-1)53(47-19-9-25-59-55(43)47)37-29-35(31-39(33-37)63-49-21-7-5-17-45(49)57-51(63)23-11-27-61-57)36-30-38(54-42-14-2-4-16-44(42)56-48(54)20-10-26-60-56)34-40(32-36)64-50-22-8-6-18-46(50)58-52(64)24-12-28-62-58;1-3-15-29-27(13-1)33-31(17-7-19-35-33)37(29)25-11-5-9-23(21-25)24-10-6-12-26(22-24)38-30-16-4-2-14-28(30)34-32(38)18-8-20-36-34/h1-34,53-54H;1-22H. The predicted octanol–water partition coefficient (Wildman–Crippen LogP) is 21.8. The van der Waals surface area contributed by atoms with Gasteiger partial charge < -0.3 is 18.3 Å². The molecule has 2 aliphatic rings. The number of aromatic nitrogens is 10. The molecule has 10 nitrogen and oxygen atoms in total. The van der Waals surface area contributed by atoms with Crippen LogP contribution in [-0.2, 0) is 0 Å². The summed E-state index contributed by atoms with van der Waals surface area (Å²) in [6.45, 7) is 0. The largest absolute Gasteiger partial charge is 0.308 e. The minimum atomic E-state index is -0.0180. The fourth-order valence-corrected chi connectivity index (χ4v) is 16.8. The van der Waals surface area contributed by atoms with Crippen LogP contribution in [0.25, 0.3) is 155 Å². The summed E-state index contributed by atoms with van der Waals surface area (Å²) in [5.41, 5.74) is 33.7. The van der Waals surface area contributed by atoms with E-state index in [0.717, 1.165) is 144 Å². The molecule has 10 heteroatoms. The molecule has 2 aliphatic carbocycles. The average molecular weight is 1300 g/mol. The van der Waals surface area contributed by atoms with Gasteiger partial charge in [0.05, 0.1) is 77.6 Å². The summed E-state index contributed by atoms with van der Waals surface area (Å²) in [7, 11) is 0. The van der Waals surface area contributed by atoms with Crippen molar-refractivity contribution < 1.29 is 0 Å². The molecular weight excluding hydrogens is 1250 g/mol. The number of benzene rings is 10. The Morgan fingerprint density at radius 2 is 0.500 bits per heavy atom. The van der Waals surface area contributed by atoms with Crippen molar-refractivity contribution in [1.29, 1.82) is 0 Å². The topological polar surface area (TPSA) is 97.1 Å². The lowest BCUT2D eigenvalue weighted by molar-refractivity contribution is 0.997. The Hall–Kier alpha value is -13.7. The van der Waals surface area contributed by atoms with Gasteiger partial charge in [0, 0.05) is 104 Å². The number of pyridine rings is 6. The normalized spacial score (nSPS) is 13.7. The number of hydrogen-bond donors (Lipinski definition) is 0. The van der Waals surface area contributed by atoms with E-state index in [9.17, 15) is 0 Å². The average Bonchev–Trinajstić information content (AvgIpc) is 1.57. The number of hydrogen-bond acceptors (Lipinski definition) is 6. The predicted molar refractivity (Wildman–Crippen MR) is 414 cm³/mol. The highest BCUT2D eigenvalue weighted by Gasteiger charge is 2.34. The SMILES string of the molecule is c1cc(-c2cccc(-n3c4ccccc4c4ncccc43)c2)cc(-n2c3ccccc3c3ncccc32)c1.c1ccc2c(c1)-c1ncccc1C2c1cc(-c2cc(C3c4ccccc4-c4ncccc43)cc(-n3c4ccccc4c4ncccc43)c2)cc(-n2c3ccccc3c3ncccc32)c1. The van der Waals surface area contributed by atoms with E-state index >= 15 is 0 Å². The van der Waals surface area contributed by atoms with Gasteiger partial charge in [-0.25, -0.2) is 0 Å². The van der Waals surface area contributed by atoms with Crippen molar-refractivity contribution in [3.05, 3.63) is 374 Å². The monoisotopic (exact) mass is 1300 g/mol. The van der Waals surface area contributed by atoms with Gasteiger partial charge in [-0.15, -0.1) is 0 Å². The van der Waals surface area contributed by atoms with Crippen LogP contribution in [0, 0.1) is 0 Å². The Balaban J connectivity index is 0.000000151. The molecule has 0 N–H and O–H groups in total. The van der Waals surface area contributed by atoms with E-state index in [2.05, 4.69) is 297 Å². The highest BCUT2D eigenvalue weighted by molar-refractivity contribution is 6.10. The molecular formula is C92H58N10. The number of rotatable bonds is 8. The van der Waals surface area contributed by atoms with Gasteiger partial charge in [0.25, 0.3) is 0 Å². The van der Waals surface area contributed by atoms with Crippen LogP contribution in [0.2, 0.25) is 0 Å². The zero-order chi connectivity index (χ0) is 66.9. The highest BCUT2D eigenvalue weighted by Crippen LogP contribution is 2.51. The van der Waals surface area contributed by atoms with Crippen molar-refractivity contribution in [2.75, 3.05) is 0 Å².